The van der Waals surface area contributed by atoms with Crippen molar-refractivity contribution in [3.05, 3.63) is 65.5 Å². The van der Waals surface area contributed by atoms with Crippen LogP contribution in [0, 0.1) is 5.82 Å². The molecule has 0 fully saturated rings. The van der Waals surface area contributed by atoms with Crippen molar-refractivity contribution in [1.29, 1.82) is 0 Å². The Labute approximate surface area is 181 Å². The summed E-state index contributed by atoms with van der Waals surface area (Å²) >= 11 is 23.0. The summed E-state index contributed by atoms with van der Waals surface area (Å²) in [4.78, 5) is 23.6. The van der Waals surface area contributed by atoms with Gasteiger partial charge in [-0.05, 0) is 67.7 Å². The van der Waals surface area contributed by atoms with Gasteiger partial charge < -0.3 is 16.0 Å². The molecule has 0 bridgehead atoms. The van der Waals surface area contributed by atoms with Gasteiger partial charge in [-0.15, -0.1) is 0 Å². The average Bonchev–Trinajstić information content (AvgIpc) is 2.61. The molecule has 2 aromatic rings. The first-order valence-corrected chi connectivity index (χ1v) is 9.42. The Morgan fingerprint density at radius 1 is 0.964 bits per heavy atom. The molecule has 0 aromatic heterocycles. The van der Waals surface area contributed by atoms with E-state index in [0.717, 1.165) is 12.1 Å². The number of alkyl halides is 3. The van der Waals surface area contributed by atoms with Crippen molar-refractivity contribution in [2.45, 2.75) is 16.9 Å². The highest BCUT2D eigenvalue weighted by atomic mass is 35.6. The lowest BCUT2D eigenvalue weighted by molar-refractivity contribution is 0.0933. The topological polar surface area (TPSA) is 70.2 Å². The van der Waals surface area contributed by atoms with Gasteiger partial charge in [0.05, 0.1) is 0 Å². The molecule has 0 heterocycles. The second-order valence-corrected chi connectivity index (χ2v) is 8.46. The first-order chi connectivity index (χ1) is 13.1. The number of hydrogen-bond acceptors (Lipinski definition) is 3. The zero-order valence-corrected chi connectivity index (χ0v) is 17.5. The Morgan fingerprint density at radius 3 is 2.00 bits per heavy atom. The third-order valence-corrected chi connectivity index (χ3v) is 4.41. The first-order valence-electron chi connectivity index (χ1n) is 7.88. The smallest absolute Gasteiger partial charge is 0.252 e. The monoisotopic (exact) mass is 461 g/mol. The van der Waals surface area contributed by atoms with Gasteiger partial charge in [0.1, 0.15) is 12.0 Å². The molecule has 0 spiro atoms. The van der Waals surface area contributed by atoms with Crippen molar-refractivity contribution in [2.24, 2.45) is 0 Å². The Kier molecular flexibility index (Phi) is 7.60. The van der Waals surface area contributed by atoms with Crippen LogP contribution >= 0.6 is 47.0 Å². The van der Waals surface area contributed by atoms with Gasteiger partial charge in [-0.3, -0.25) is 9.59 Å². The summed E-state index contributed by atoms with van der Waals surface area (Å²) in [5.74, 6) is -1.13. The molecule has 0 aliphatic carbocycles. The average molecular weight is 463 g/mol. The second kappa shape index (κ2) is 9.52. The van der Waals surface area contributed by atoms with Crippen LogP contribution in [-0.4, -0.2) is 26.8 Å². The van der Waals surface area contributed by atoms with Gasteiger partial charge >= 0.3 is 0 Å². The first kappa shape index (κ1) is 22.4. The number of thiocarbonyl (C=S) groups is 1. The van der Waals surface area contributed by atoms with Crippen LogP contribution in [0.25, 0.3) is 0 Å². The lowest BCUT2D eigenvalue weighted by Crippen LogP contribution is -2.56. The Hall–Kier alpha value is -1.93. The predicted octanol–water partition coefficient (Wildman–Crippen LogP) is 4.44. The highest BCUT2D eigenvalue weighted by Crippen LogP contribution is 2.29. The van der Waals surface area contributed by atoms with Crippen molar-refractivity contribution < 1.29 is 14.0 Å². The molecule has 28 heavy (non-hydrogen) atoms. The van der Waals surface area contributed by atoms with Gasteiger partial charge in [-0.1, -0.05) is 34.8 Å². The zero-order chi connectivity index (χ0) is 20.9. The maximum Gasteiger partial charge on any atom is 0.252 e. The molecule has 0 saturated heterocycles. The molecule has 0 saturated carbocycles. The number of amides is 1. The van der Waals surface area contributed by atoms with Crippen LogP contribution in [0.2, 0.25) is 0 Å². The van der Waals surface area contributed by atoms with Crippen molar-refractivity contribution in [2.75, 3.05) is 5.32 Å². The quantitative estimate of drug-likeness (QED) is 0.265. The number of rotatable bonds is 5. The lowest BCUT2D eigenvalue weighted by Gasteiger charge is -2.27. The van der Waals surface area contributed by atoms with E-state index in [2.05, 4.69) is 16.0 Å². The van der Waals surface area contributed by atoms with Gasteiger partial charge in [0.2, 0.25) is 3.79 Å². The van der Waals surface area contributed by atoms with Crippen LogP contribution in [0.4, 0.5) is 10.1 Å². The zero-order valence-electron chi connectivity index (χ0n) is 14.4. The maximum absolute atomic E-state index is 13.0. The molecule has 0 aliphatic heterocycles. The van der Waals surface area contributed by atoms with Crippen LogP contribution in [-0.2, 0) is 0 Å². The van der Waals surface area contributed by atoms with Crippen LogP contribution in [0.1, 0.15) is 27.6 Å². The van der Waals surface area contributed by atoms with E-state index in [1.165, 1.54) is 19.1 Å². The van der Waals surface area contributed by atoms with Gasteiger partial charge in [0, 0.05) is 16.8 Å². The summed E-state index contributed by atoms with van der Waals surface area (Å²) in [6, 6.07) is 11.5. The summed E-state index contributed by atoms with van der Waals surface area (Å²) in [5, 5.41) is 8.14. The number of nitrogens with one attached hydrogen (secondary N) is 3. The van der Waals surface area contributed by atoms with Crippen molar-refractivity contribution in [3.63, 3.8) is 0 Å². The molecular weight excluding hydrogens is 448 g/mol. The number of anilines is 1. The van der Waals surface area contributed by atoms with E-state index in [1.807, 2.05) is 0 Å². The largest absolute Gasteiger partial charge is 0.339 e. The third-order valence-electron chi connectivity index (χ3n) is 3.53. The fourth-order valence-electron chi connectivity index (χ4n) is 2.10. The fraction of sp³-hybridized carbons (Fsp3) is 0.167. The van der Waals surface area contributed by atoms with E-state index in [1.54, 1.807) is 24.3 Å². The van der Waals surface area contributed by atoms with Crippen LogP contribution in [0.5, 0.6) is 0 Å². The molecule has 0 aliphatic rings. The Balaban J connectivity index is 2.04. The SMILES string of the molecule is CC(=O)c1ccc(NC(=S)N[C@H](NC(=O)c2ccc(F)cc2)C(Cl)(Cl)Cl)cc1. The number of benzene rings is 2. The molecule has 2 rings (SSSR count). The second-order valence-electron chi connectivity index (χ2n) is 5.69. The highest BCUT2D eigenvalue weighted by Gasteiger charge is 2.34. The van der Waals surface area contributed by atoms with E-state index < -0.39 is 21.7 Å². The molecule has 148 valence electrons. The minimum Gasteiger partial charge on any atom is -0.339 e. The number of carbonyl (C=O) groups is 2. The standard InChI is InChI=1S/C18H15Cl3FN3O2S/c1-10(26)11-4-8-14(9-5-11)23-17(28)25-16(18(19,20)21)24-15(27)12-2-6-13(22)7-3-12/h2-9,16H,1H3,(H,24,27)(H2,23,25,28)/t16-/m0/s1. The predicted molar refractivity (Wildman–Crippen MR) is 114 cm³/mol. The molecule has 0 radical (unpaired) electrons. The third kappa shape index (κ3) is 6.60. The molecule has 1 amide bonds. The van der Waals surface area contributed by atoms with E-state index in [-0.39, 0.29) is 16.5 Å². The van der Waals surface area contributed by atoms with E-state index in [9.17, 15) is 14.0 Å². The van der Waals surface area contributed by atoms with Gasteiger partial charge in [0.15, 0.2) is 10.9 Å². The minimum atomic E-state index is -1.93. The molecule has 1 atom stereocenters. The summed E-state index contributed by atoms with van der Waals surface area (Å²) in [5.41, 5.74) is 1.33. The van der Waals surface area contributed by atoms with Crippen LogP contribution in [0.15, 0.2) is 48.5 Å². The summed E-state index contributed by atoms with van der Waals surface area (Å²) < 4.78 is 11.1. The van der Waals surface area contributed by atoms with Gasteiger partial charge in [0.25, 0.3) is 5.91 Å². The number of halogens is 4. The maximum atomic E-state index is 13.0. The van der Waals surface area contributed by atoms with Gasteiger partial charge in [-0.2, -0.15) is 0 Å². The number of carbonyl (C=O) groups excluding carboxylic acids is 2. The molecular formula is C18H15Cl3FN3O2S. The molecule has 5 nitrogen and oxygen atoms in total. The highest BCUT2D eigenvalue weighted by molar-refractivity contribution is 7.80. The summed E-state index contributed by atoms with van der Waals surface area (Å²) in [6.45, 7) is 1.46. The summed E-state index contributed by atoms with van der Waals surface area (Å²) in [6.07, 6.45) is -1.17. The number of Topliss-reactive ketones (excluding diaryl/α,β-unsaturated/α-hetero) is 1. The molecule has 0 unspecified atom stereocenters. The van der Waals surface area contributed by atoms with Crippen LogP contribution in [0.3, 0.4) is 0 Å². The molecule has 10 heteroatoms. The van der Waals surface area contributed by atoms with E-state index in [4.69, 9.17) is 47.0 Å². The van der Waals surface area contributed by atoms with Crippen LogP contribution < -0.4 is 16.0 Å². The number of hydrogen-bond donors (Lipinski definition) is 3. The molecule has 3 N–H and O–H groups in total. The molecule has 2 aromatic carbocycles. The Morgan fingerprint density at radius 2 is 1.50 bits per heavy atom. The number of ketones is 1. The van der Waals surface area contributed by atoms with Gasteiger partial charge in [-0.25, -0.2) is 4.39 Å². The van der Waals surface area contributed by atoms with E-state index >= 15 is 0 Å². The fourth-order valence-corrected chi connectivity index (χ4v) is 2.67. The summed E-state index contributed by atoms with van der Waals surface area (Å²) in [7, 11) is 0. The van der Waals surface area contributed by atoms with Crippen molar-refractivity contribution in [3.8, 4) is 0 Å². The van der Waals surface area contributed by atoms with Crippen molar-refractivity contribution >= 4 is 69.5 Å². The van der Waals surface area contributed by atoms with E-state index in [0.29, 0.717) is 11.3 Å². The normalized spacial score (nSPS) is 12.0. The van der Waals surface area contributed by atoms with Crippen molar-refractivity contribution in [1.82, 2.24) is 10.6 Å². The lowest BCUT2D eigenvalue weighted by atomic mass is 10.1. The Bertz CT molecular complexity index is 871. The minimum absolute atomic E-state index is 0.0629.